The molecule has 0 saturated heterocycles. The van der Waals surface area contributed by atoms with Crippen molar-refractivity contribution >= 4 is 27.6 Å². The van der Waals surface area contributed by atoms with Gasteiger partial charge < -0.3 is 13.9 Å². The van der Waals surface area contributed by atoms with Crippen LogP contribution >= 0.6 is 0 Å². The van der Waals surface area contributed by atoms with Gasteiger partial charge in [-0.3, -0.25) is 4.40 Å². The summed E-state index contributed by atoms with van der Waals surface area (Å²) in [6.45, 7) is 6.65. The fraction of sp³-hybridized carbons (Fsp3) is 0.105. The third kappa shape index (κ3) is 5.05. The summed E-state index contributed by atoms with van der Waals surface area (Å²) in [6, 6.07) is 39.8. The molecule has 0 unspecified atom stereocenters. The monoisotopic (exact) mass is 766 g/mol. The van der Waals surface area contributed by atoms with Crippen LogP contribution in [0.3, 0.4) is 0 Å². The molecule has 0 amide bonds. The summed E-state index contributed by atoms with van der Waals surface area (Å²) in [4.78, 5) is 9.49. The second kappa shape index (κ2) is 11.2. The molecule has 0 N–H and O–H groups in total. The molecule has 0 aliphatic rings. The number of aromatic nitrogens is 5. The Hall–Kier alpha value is -4.93. The van der Waals surface area contributed by atoms with Crippen molar-refractivity contribution in [3.8, 4) is 34.3 Å². The van der Waals surface area contributed by atoms with E-state index in [1.807, 2.05) is 71.8 Å². The van der Waals surface area contributed by atoms with Crippen LogP contribution in [-0.2, 0) is 26.5 Å². The molecular formula is C38H29N5OPt. The van der Waals surface area contributed by atoms with Crippen LogP contribution in [0.2, 0.25) is 0 Å². The second-order valence-corrected chi connectivity index (χ2v) is 11.9. The van der Waals surface area contributed by atoms with Crippen LogP contribution in [0.5, 0.6) is 11.5 Å². The van der Waals surface area contributed by atoms with E-state index in [1.54, 1.807) is 0 Å². The molecule has 0 fully saturated rings. The Kier molecular flexibility index (Phi) is 7.18. The van der Waals surface area contributed by atoms with Gasteiger partial charge in [-0.2, -0.15) is 12.1 Å². The molecule has 0 saturated carbocycles. The summed E-state index contributed by atoms with van der Waals surface area (Å²) in [5.74, 6) is 2.86. The van der Waals surface area contributed by atoms with Gasteiger partial charge in [0.05, 0.1) is 11.9 Å². The molecular weight excluding hydrogens is 738 g/mol. The van der Waals surface area contributed by atoms with Gasteiger partial charge in [0.15, 0.2) is 0 Å². The zero-order valence-corrected chi connectivity index (χ0v) is 27.3. The number of imidazole rings is 2. The molecule has 0 radical (unpaired) electrons. The van der Waals surface area contributed by atoms with Crippen LogP contribution in [0, 0.1) is 12.1 Å². The average molecular weight is 767 g/mol. The SMILES string of the molecule is CC(C)(C)c1ccnc(-n2c3[c-]c(Oc4[c-]c(-n5ccn6c(-c7ccccc7)cnc56)ccc4)ccc3c3ccccc32)c1.[Pt+2]. The Labute approximate surface area is 275 Å². The minimum absolute atomic E-state index is 0. The van der Waals surface area contributed by atoms with E-state index in [2.05, 4.69) is 96.5 Å². The van der Waals surface area contributed by atoms with Crippen LogP contribution < -0.4 is 4.74 Å². The van der Waals surface area contributed by atoms with E-state index < -0.39 is 0 Å². The summed E-state index contributed by atoms with van der Waals surface area (Å²) >= 11 is 0. The molecule has 0 bridgehead atoms. The van der Waals surface area contributed by atoms with Crippen LogP contribution in [0.1, 0.15) is 26.3 Å². The first-order valence-electron chi connectivity index (χ1n) is 14.7. The molecule has 0 atom stereocenters. The number of nitrogens with zero attached hydrogens (tertiary/aromatic N) is 5. The normalized spacial score (nSPS) is 11.7. The van der Waals surface area contributed by atoms with Crippen molar-refractivity contribution in [3.63, 3.8) is 0 Å². The van der Waals surface area contributed by atoms with Gasteiger partial charge in [-0.1, -0.05) is 80.5 Å². The third-order valence-corrected chi connectivity index (χ3v) is 8.06. The molecule has 222 valence electrons. The number of hydrogen-bond donors (Lipinski definition) is 0. The number of rotatable bonds is 5. The smallest absolute Gasteiger partial charge is 0.509 e. The van der Waals surface area contributed by atoms with Crippen molar-refractivity contribution in [1.82, 2.24) is 23.5 Å². The molecule has 6 nitrogen and oxygen atoms in total. The number of pyridine rings is 1. The molecule has 0 spiro atoms. The van der Waals surface area contributed by atoms with Crippen molar-refractivity contribution in [2.75, 3.05) is 0 Å². The fourth-order valence-corrected chi connectivity index (χ4v) is 5.82. The molecule has 45 heavy (non-hydrogen) atoms. The maximum Gasteiger partial charge on any atom is 2.00 e. The topological polar surface area (TPSA) is 49.3 Å². The van der Waals surface area contributed by atoms with Crippen molar-refractivity contribution in [1.29, 1.82) is 0 Å². The van der Waals surface area contributed by atoms with Gasteiger partial charge in [0, 0.05) is 41.2 Å². The first-order chi connectivity index (χ1) is 21.4. The molecule has 8 rings (SSSR count). The van der Waals surface area contributed by atoms with E-state index in [1.165, 1.54) is 5.56 Å². The van der Waals surface area contributed by atoms with Crippen molar-refractivity contribution in [2.24, 2.45) is 0 Å². The zero-order valence-electron chi connectivity index (χ0n) is 25.0. The van der Waals surface area contributed by atoms with E-state index in [0.29, 0.717) is 11.5 Å². The van der Waals surface area contributed by atoms with E-state index >= 15 is 0 Å². The number of ether oxygens (including phenoxy) is 1. The Balaban J connectivity index is 0.00000325. The van der Waals surface area contributed by atoms with Crippen molar-refractivity contribution in [3.05, 3.63) is 140 Å². The summed E-state index contributed by atoms with van der Waals surface area (Å²) in [5, 5.41) is 2.24. The first kappa shape index (κ1) is 28.8. The van der Waals surface area contributed by atoms with Gasteiger partial charge in [-0.25, -0.2) is 9.97 Å². The number of benzene rings is 4. The Morgan fingerprint density at radius 3 is 2.38 bits per heavy atom. The molecule has 4 heterocycles. The van der Waals surface area contributed by atoms with E-state index in [4.69, 9.17) is 14.7 Å². The van der Waals surface area contributed by atoms with Crippen LogP contribution in [0.15, 0.2) is 122 Å². The predicted octanol–water partition coefficient (Wildman–Crippen LogP) is 8.97. The zero-order chi connectivity index (χ0) is 29.8. The Morgan fingerprint density at radius 2 is 1.53 bits per heavy atom. The van der Waals surface area contributed by atoms with Gasteiger partial charge in [0.1, 0.15) is 5.82 Å². The first-order valence-corrected chi connectivity index (χ1v) is 14.7. The fourth-order valence-electron chi connectivity index (χ4n) is 5.82. The van der Waals surface area contributed by atoms with Gasteiger partial charge in [0.2, 0.25) is 5.78 Å². The molecule has 7 heteroatoms. The Morgan fingerprint density at radius 1 is 0.733 bits per heavy atom. The predicted molar refractivity (Wildman–Crippen MR) is 175 cm³/mol. The Bertz CT molecular complexity index is 2310. The average Bonchev–Trinajstić information content (AvgIpc) is 3.73. The van der Waals surface area contributed by atoms with Gasteiger partial charge in [-0.15, -0.1) is 35.7 Å². The van der Waals surface area contributed by atoms with Crippen molar-refractivity contribution in [2.45, 2.75) is 26.2 Å². The van der Waals surface area contributed by atoms with E-state index in [-0.39, 0.29) is 26.5 Å². The summed E-state index contributed by atoms with van der Waals surface area (Å²) in [7, 11) is 0. The van der Waals surface area contributed by atoms with Crippen LogP contribution in [0.4, 0.5) is 0 Å². The van der Waals surface area contributed by atoms with Crippen LogP contribution in [0.25, 0.3) is 50.3 Å². The van der Waals surface area contributed by atoms with Crippen LogP contribution in [-0.4, -0.2) is 23.5 Å². The largest absolute Gasteiger partial charge is 2.00 e. The second-order valence-electron chi connectivity index (χ2n) is 11.9. The maximum atomic E-state index is 6.39. The number of hydrogen-bond acceptors (Lipinski definition) is 3. The quantitative estimate of drug-likeness (QED) is 0.165. The number of para-hydroxylation sites is 1. The molecule has 0 aliphatic heterocycles. The van der Waals surface area contributed by atoms with Gasteiger partial charge >= 0.3 is 21.1 Å². The van der Waals surface area contributed by atoms with Gasteiger partial charge in [-0.05, 0) is 34.6 Å². The molecule has 4 aromatic carbocycles. The molecule has 4 aromatic heterocycles. The van der Waals surface area contributed by atoms with Gasteiger partial charge in [0.25, 0.3) is 0 Å². The van der Waals surface area contributed by atoms with E-state index in [0.717, 1.165) is 50.3 Å². The molecule has 0 aliphatic carbocycles. The third-order valence-electron chi connectivity index (χ3n) is 8.06. The standard InChI is InChI=1S/C38H29N5O.Pt/c1-38(2,3)27-18-19-39-36(22-27)43-33-15-8-7-14-31(33)32-17-16-30(24-34(32)43)44-29-13-9-12-28(23-29)41-20-21-42-35(25-40-37(41)42)26-10-5-4-6-11-26;/h4-22,25H,1-3H3;/q-2;+2. The maximum absolute atomic E-state index is 6.39. The minimum atomic E-state index is 0. The minimum Gasteiger partial charge on any atom is -0.509 e. The van der Waals surface area contributed by atoms with E-state index in [9.17, 15) is 0 Å². The summed E-state index contributed by atoms with van der Waals surface area (Å²) < 4.78 is 12.7. The summed E-state index contributed by atoms with van der Waals surface area (Å²) in [5.41, 5.74) is 6.20. The summed E-state index contributed by atoms with van der Waals surface area (Å²) in [6.07, 6.45) is 7.81. The molecule has 8 aromatic rings. The van der Waals surface area contributed by atoms with Crippen molar-refractivity contribution < 1.29 is 25.8 Å². The number of fused-ring (bicyclic) bond motifs is 4.